The van der Waals surface area contributed by atoms with Crippen LogP contribution in [0.2, 0.25) is 15.1 Å². The third-order valence-corrected chi connectivity index (χ3v) is 9.62. The van der Waals surface area contributed by atoms with Crippen molar-refractivity contribution in [1.82, 2.24) is 10.2 Å². The first-order valence-corrected chi connectivity index (χ1v) is 15.9. The Kier molecular flexibility index (Phi) is 11.9. The third-order valence-electron chi connectivity index (χ3n) is 6.72. The molecule has 0 aliphatic carbocycles. The van der Waals surface area contributed by atoms with Crippen LogP contribution in [0.3, 0.4) is 0 Å². The summed E-state index contributed by atoms with van der Waals surface area (Å²) in [5, 5.41) is 3.91. The van der Waals surface area contributed by atoms with Gasteiger partial charge in [0.1, 0.15) is 12.6 Å². The van der Waals surface area contributed by atoms with Gasteiger partial charge in [0.2, 0.25) is 11.8 Å². The molecule has 0 aromatic heterocycles. The number of amides is 2. The average molecular weight is 639 g/mol. The monoisotopic (exact) mass is 637 g/mol. The second-order valence-corrected chi connectivity index (χ2v) is 12.6. The quantitative estimate of drug-likeness (QED) is 0.207. The Bertz CT molecular complexity index is 1450. The van der Waals surface area contributed by atoms with Gasteiger partial charge in [-0.3, -0.25) is 13.9 Å². The van der Waals surface area contributed by atoms with E-state index >= 15 is 0 Å². The van der Waals surface area contributed by atoms with E-state index in [1.807, 2.05) is 6.92 Å². The summed E-state index contributed by atoms with van der Waals surface area (Å²) in [7, 11) is -4.21. The lowest BCUT2D eigenvalue weighted by Crippen LogP contribution is -2.52. The summed E-state index contributed by atoms with van der Waals surface area (Å²) in [5.41, 5.74) is 1.21. The van der Waals surface area contributed by atoms with Crippen LogP contribution in [0.5, 0.6) is 0 Å². The summed E-state index contributed by atoms with van der Waals surface area (Å²) in [6, 6.07) is 16.8. The Morgan fingerprint density at radius 1 is 0.878 bits per heavy atom. The molecule has 41 heavy (non-hydrogen) atoms. The highest BCUT2D eigenvalue weighted by Crippen LogP contribution is 2.32. The van der Waals surface area contributed by atoms with E-state index in [2.05, 4.69) is 5.32 Å². The summed E-state index contributed by atoms with van der Waals surface area (Å²) in [4.78, 5) is 28.9. The fourth-order valence-electron chi connectivity index (χ4n) is 4.38. The van der Waals surface area contributed by atoms with Gasteiger partial charge in [0, 0.05) is 33.7 Å². The number of benzene rings is 3. The molecule has 0 aliphatic heterocycles. The van der Waals surface area contributed by atoms with Crippen LogP contribution in [0, 0.1) is 6.92 Å². The van der Waals surface area contributed by atoms with Crippen LogP contribution in [0.25, 0.3) is 0 Å². The molecule has 3 rings (SSSR count). The van der Waals surface area contributed by atoms with Crippen LogP contribution >= 0.6 is 34.8 Å². The fraction of sp³-hybridized carbons (Fsp3) is 0.333. The zero-order valence-electron chi connectivity index (χ0n) is 23.2. The lowest BCUT2D eigenvalue weighted by Gasteiger charge is -2.34. The summed E-state index contributed by atoms with van der Waals surface area (Å²) in [6.07, 6.45) is 1.96. The Hall–Kier alpha value is -2.78. The summed E-state index contributed by atoms with van der Waals surface area (Å²) in [6.45, 7) is 5.27. The van der Waals surface area contributed by atoms with E-state index in [1.54, 1.807) is 68.4 Å². The number of rotatable bonds is 13. The van der Waals surface area contributed by atoms with Gasteiger partial charge in [-0.1, -0.05) is 85.4 Å². The lowest BCUT2D eigenvalue weighted by molar-refractivity contribution is -0.140. The zero-order valence-corrected chi connectivity index (χ0v) is 26.3. The molecular formula is C30H34Cl3N3O4S. The van der Waals surface area contributed by atoms with Crippen molar-refractivity contribution in [1.29, 1.82) is 0 Å². The number of nitrogens with zero attached hydrogens (tertiary/aromatic N) is 2. The highest BCUT2D eigenvalue weighted by atomic mass is 35.5. The van der Waals surface area contributed by atoms with E-state index in [-0.39, 0.29) is 29.5 Å². The molecule has 0 spiro atoms. The Balaban J connectivity index is 2.11. The van der Waals surface area contributed by atoms with Gasteiger partial charge in [-0.05, 0) is 61.7 Å². The third kappa shape index (κ3) is 7.95. The normalized spacial score (nSPS) is 12.0. The molecule has 7 nitrogen and oxygen atoms in total. The van der Waals surface area contributed by atoms with E-state index in [0.29, 0.717) is 32.7 Å². The van der Waals surface area contributed by atoms with Crippen molar-refractivity contribution in [3.8, 4) is 0 Å². The van der Waals surface area contributed by atoms with Crippen LogP contribution < -0.4 is 9.62 Å². The topological polar surface area (TPSA) is 86.8 Å². The standard InChI is InChI=1S/C30H34Cl3N3O4S/c1-4-6-18-34-30(38)27(5-2)35(19-23-25(32)15-10-16-26(23)33)29(37)20-36(28-17-11-14-24(31)21(28)3)41(39,40)22-12-8-7-9-13-22/h7-17,27H,4-6,18-20H2,1-3H3,(H,34,38)/t27-/m1/s1. The molecule has 0 saturated heterocycles. The Morgan fingerprint density at radius 2 is 1.49 bits per heavy atom. The van der Waals surface area contributed by atoms with E-state index < -0.39 is 28.5 Å². The van der Waals surface area contributed by atoms with Crippen molar-refractivity contribution in [2.24, 2.45) is 0 Å². The highest BCUT2D eigenvalue weighted by Gasteiger charge is 2.34. The van der Waals surface area contributed by atoms with Crippen molar-refractivity contribution in [2.75, 3.05) is 17.4 Å². The first-order valence-electron chi connectivity index (χ1n) is 13.4. The van der Waals surface area contributed by atoms with Crippen molar-refractivity contribution >= 4 is 62.3 Å². The van der Waals surface area contributed by atoms with Crippen molar-refractivity contribution in [3.05, 3.63) is 92.9 Å². The van der Waals surface area contributed by atoms with Gasteiger partial charge in [-0.25, -0.2) is 8.42 Å². The van der Waals surface area contributed by atoms with E-state index in [4.69, 9.17) is 34.8 Å². The molecule has 1 atom stereocenters. The molecule has 0 bridgehead atoms. The highest BCUT2D eigenvalue weighted by molar-refractivity contribution is 7.92. The van der Waals surface area contributed by atoms with Crippen LogP contribution in [0.1, 0.15) is 44.2 Å². The number of hydrogen-bond donors (Lipinski definition) is 1. The number of sulfonamides is 1. The molecular weight excluding hydrogens is 605 g/mol. The number of unbranched alkanes of at least 4 members (excludes halogenated alkanes) is 1. The number of carbonyl (C=O) groups excluding carboxylic acids is 2. The lowest BCUT2D eigenvalue weighted by atomic mass is 10.1. The SMILES string of the molecule is CCCCNC(=O)[C@@H](CC)N(Cc1c(Cl)cccc1Cl)C(=O)CN(c1cccc(Cl)c1C)S(=O)(=O)c1ccccc1. The second kappa shape index (κ2) is 14.9. The molecule has 0 fully saturated rings. The summed E-state index contributed by atoms with van der Waals surface area (Å²) < 4.78 is 29.0. The van der Waals surface area contributed by atoms with Gasteiger partial charge in [0.15, 0.2) is 0 Å². The van der Waals surface area contributed by atoms with Crippen molar-refractivity contribution < 1.29 is 18.0 Å². The molecule has 220 valence electrons. The van der Waals surface area contributed by atoms with Gasteiger partial charge >= 0.3 is 0 Å². The maximum atomic E-state index is 14.2. The minimum atomic E-state index is -4.21. The van der Waals surface area contributed by atoms with Gasteiger partial charge in [0.05, 0.1) is 10.6 Å². The smallest absolute Gasteiger partial charge is 0.264 e. The van der Waals surface area contributed by atoms with Crippen molar-refractivity contribution in [3.63, 3.8) is 0 Å². The minimum absolute atomic E-state index is 0.0113. The predicted molar refractivity (Wildman–Crippen MR) is 166 cm³/mol. The Morgan fingerprint density at radius 3 is 2.10 bits per heavy atom. The largest absolute Gasteiger partial charge is 0.354 e. The molecule has 3 aromatic rings. The van der Waals surface area contributed by atoms with Gasteiger partial charge < -0.3 is 10.2 Å². The molecule has 0 radical (unpaired) electrons. The van der Waals surface area contributed by atoms with Gasteiger partial charge in [0.25, 0.3) is 10.0 Å². The number of halogens is 3. The average Bonchev–Trinajstić information content (AvgIpc) is 2.95. The van der Waals surface area contributed by atoms with E-state index in [9.17, 15) is 18.0 Å². The first-order chi connectivity index (χ1) is 19.5. The molecule has 0 heterocycles. The zero-order chi connectivity index (χ0) is 30.2. The number of hydrogen-bond acceptors (Lipinski definition) is 4. The predicted octanol–water partition coefficient (Wildman–Crippen LogP) is 6.87. The van der Waals surface area contributed by atoms with Gasteiger partial charge in [-0.2, -0.15) is 0 Å². The molecule has 0 saturated carbocycles. The maximum absolute atomic E-state index is 14.2. The second-order valence-electron chi connectivity index (χ2n) is 9.50. The summed E-state index contributed by atoms with van der Waals surface area (Å²) >= 11 is 19.3. The summed E-state index contributed by atoms with van der Waals surface area (Å²) in [5.74, 6) is -0.939. The molecule has 3 aromatic carbocycles. The van der Waals surface area contributed by atoms with E-state index in [0.717, 1.165) is 17.1 Å². The number of anilines is 1. The molecule has 0 unspecified atom stereocenters. The minimum Gasteiger partial charge on any atom is -0.354 e. The van der Waals surface area contributed by atoms with Crippen molar-refractivity contribution in [2.45, 2.75) is 57.5 Å². The molecule has 2 amide bonds. The molecule has 1 N–H and O–H groups in total. The first kappa shape index (κ1) is 32.7. The Labute approximate surface area is 257 Å². The maximum Gasteiger partial charge on any atom is 0.264 e. The van der Waals surface area contributed by atoms with Crippen LogP contribution in [-0.4, -0.2) is 44.3 Å². The van der Waals surface area contributed by atoms with Crippen LogP contribution in [0.4, 0.5) is 5.69 Å². The van der Waals surface area contributed by atoms with Crippen LogP contribution in [-0.2, 0) is 26.2 Å². The number of nitrogens with one attached hydrogen (secondary N) is 1. The molecule has 0 aliphatic rings. The van der Waals surface area contributed by atoms with Gasteiger partial charge in [-0.15, -0.1) is 0 Å². The number of carbonyl (C=O) groups is 2. The van der Waals surface area contributed by atoms with Crippen LogP contribution in [0.15, 0.2) is 71.6 Å². The van der Waals surface area contributed by atoms with E-state index in [1.165, 1.54) is 17.0 Å². The molecule has 11 heteroatoms. The fourth-order valence-corrected chi connectivity index (χ4v) is 6.56.